The fourth-order valence-corrected chi connectivity index (χ4v) is 1.70. The summed E-state index contributed by atoms with van der Waals surface area (Å²) in [6, 6.07) is 4.41. The Bertz CT molecular complexity index is 256. The lowest BCUT2D eigenvalue weighted by atomic mass is 10.1. The molecule has 0 radical (unpaired) electrons. The quantitative estimate of drug-likeness (QED) is 0.645. The molecular weight excluding hydrogens is 146 g/mol. The topological polar surface area (TPSA) is 4.93 Å². The van der Waals surface area contributed by atoms with Crippen molar-refractivity contribution in [3.05, 3.63) is 24.0 Å². The van der Waals surface area contributed by atoms with E-state index in [1.807, 2.05) is 0 Å². The van der Waals surface area contributed by atoms with Crippen LogP contribution < -0.4 is 0 Å². The first kappa shape index (κ1) is 7.90. The summed E-state index contributed by atoms with van der Waals surface area (Å²) in [6.07, 6.45) is 5.10. The van der Waals surface area contributed by atoms with Crippen molar-refractivity contribution < 1.29 is 0 Å². The summed E-state index contributed by atoms with van der Waals surface area (Å²) in [4.78, 5) is 0. The summed E-state index contributed by atoms with van der Waals surface area (Å²) in [5, 5.41) is 0. The molecule has 0 unspecified atom stereocenters. The molecule has 0 spiro atoms. The maximum Gasteiger partial charge on any atom is 0.0250 e. The molecular formula is C11H17N. The molecule has 1 heteroatoms. The van der Waals surface area contributed by atoms with E-state index in [9.17, 15) is 0 Å². The highest BCUT2D eigenvalue weighted by Gasteiger charge is 2.22. The molecule has 1 aromatic rings. The third kappa shape index (κ3) is 1.55. The molecule has 66 valence electrons. The number of rotatable bonds is 3. The van der Waals surface area contributed by atoms with Gasteiger partial charge in [0.1, 0.15) is 0 Å². The van der Waals surface area contributed by atoms with E-state index < -0.39 is 0 Å². The van der Waals surface area contributed by atoms with Crippen LogP contribution in [-0.4, -0.2) is 4.57 Å². The van der Waals surface area contributed by atoms with E-state index in [-0.39, 0.29) is 0 Å². The van der Waals surface area contributed by atoms with Crippen molar-refractivity contribution in [3.8, 4) is 0 Å². The molecule has 0 atom stereocenters. The molecule has 0 N–H and O–H groups in total. The lowest BCUT2D eigenvalue weighted by Gasteiger charge is -2.10. The van der Waals surface area contributed by atoms with Crippen LogP contribution in [0.2, 0.25) is 0 Å². The van der Waals surface area contributed by atoms with E-state index in [0.717, 1.165) is 5.92 Å². The van der Waals surface area contributed by atoms with Crippen LogP contribution in [0.5, 0.6) is 0 Å². The van der Waals surface area contributed by atoms with E-state index in [2.05, 4.69) is 36.7 Å². The van der Waals surface area contributed by atoms with Gasteiger partial charge < -0.3 is 4.57 Å². The highest BCUT2D eigenvalue weighted by molar-refractivity contribution is 5.11. The van der Waals surface area contributed by atoms with Crippen LogP contribution in [0.4, 0.5) is 0 Å². The van der Waals surface area contributed by atoms with Gasteiger partial charge in [0.15, 0.2) is 0 Å². The van der Waals surface area contributed by atoms with Gasteiger partial charge in [0, 0.05) is 18.4 Å². The van der Waals surface area contributed by atoms with Gasteiger partial charge in [-0.05, 0) is 36.8 Å². The fourth-order valence-electron chi connectivity index (χ4n) is 1.70. The Morgan fingerprint density at radius 3 is 2.83 bits per heavy atom. The van der Waals surface area contributed by atoms with Crippen LogP contribution in [0.1, 0.15) is 38.3 Å². The van der Waals surface area contributed by atoms with Crippen molar-refractivity contribution in [2.45, 2.75) is 39.2 Å². The maximum absolute atomic E-state index is 2.42. The van der Waals surface area contributed by atoms with Crippen molar-refractivity contribution in [1.82, 2.24) is 4.57 Å². The minimum Gasteiger partial charge on any atom is -0.351 e. The third-order valence-corrected chi connectivity index (χ3v) is 2.61. The van der Waals surface area contributed by atoms with Crippen LogP contribution in [0.25, 0.3) is 0 Å². The summed E-state index contributed by atoms with van der Waals surface area (Å²) in [5.74, 6) is 1.65. The molecule has 1 aromatic heterocycles. The second-order valence-electron chi connectivity index (χ2n) is 4.18. The van der Waals surface area contributed by atoms with Gasteiger partial charge in [0.05, 0.1) is 0 Å². The van der Waals surface area contributed by atoms with Gasteiger partial charge in [-0.1, -0.05) is 13.8 Å². The van der Waals surface area contributed by atoms with Gasteiger partial charge in [-0.25, -0.2) is 0 Å². The summed E-state index contributed by atoms with van der Waals surface area (Å²) >= 11 is 0. The summed E-state index contributed by atoms with van der Waals surface area (Å²) < 4.78 is 2.42. The van der Waals surface area contributed by atoms with E-state index in [1.165, 1.54) is 25.1 Å². The standard InChI is InChI=1S/C11H17N/c1-9(2)11-4-3-7-12(11)8-10-5-6-10/h3-4,7,9-10H,5-6,8H2,1-2H3. The third-order valence-electron chi connectivity index (χ3n) is 2.61. The zero-order chi connectivity index (χ0) is 8.55. The first-order valence-electron chi connectivity index (χ1n) is 4.92. The summed E-state index contributed by atoms with van der Waals surface area (Å²) in [5.41, 5.74) is 1.49. The van der Waals surface area contributed by atoms with Gasteiger partial charge in [-0.15, -0.1) is 0 Å². The Balaban J connectivity index is 2.11. The molecule has 12 heavy (non-hydrogen) atoms. The SMILES string of the molecule is CC(C)c1cccn1CC1CC1. The van der Waals surface area contributed by atoms with Crippen LogP contribution in [0.3, 0.4) is 0 Å². The van der Waals surface area contributed by atoms with Gasteiger partial charge >= 0.3 is 0 Å². The van der Waals surface area contributed by atoms with Crippen LogP contribution >= 0.6 is 0 Å². The number of hydrogen-bond acceptors (Lipinski definition) is 0. The monoisotopic (exact) mass is 163 g/mol. The Kier molecular flexibility index (Phi) is 1.95. The second kappa shape index (κ2) is 2.96. The van der Waals surface area contributed by atoms with Crippen molar-refractivity contribution in [3.63, 3.8) is 0 Å². The lowest BCUT2D eigenvalue weighted by Crippen LogP contribution is -2.04. The Morgan fingerprint density at radius 1 is 1.50 bits per heavy atom. The second-order valence-corrected chi connectivity index (χ2v) is 4.18. The molecule has 0 aromatic carbocycles. The highest BCUT2D eigenvalue weighted by Crippen LogP contribution is 2.31. The Morgan fingerprint density at radius 2 is 2.25 bits per heavy atom. The summed E-state index contributed by atoms with van der Waals surface area (Å²) in [6.45, 7) is 5.78. The minimum atomic E-state index is 0.666. The predicted octanol–water partition coefficient (Wildman–Crippen LogP) is 3.02. The van der Waals surface area contributed by atoms with Crippen LogP contribution in [0, 0.1) is 5.92 Å². The molecule has 2 rings (SSSR count). The lowest BCUT2D eigenvalue weighted by molar-refractivity contribution is 0.587. The average Bonchev–Trinajstić information content (AvgIpc) is 2.66. The normalized spacial score (nSPS) is 17.2. The first-order chi connectivity index (χ1) is 5.77. The summed E-state index contributed by atoms with van der Waals surface area (Å²) in [7, 11) is 0. The van der Waals surface area contributed by atoms with Gasteiger partial charge in [-0.3, -0.25) is 0 Å². The highest BCUT2D eigenvalue weighted by atomic mass is 15.0. The molecule has 0 bridgehead atoms. The van der Waals surface area contributed by atoms with E-state index in [4.69, 9.17) is 0 Å². The van der Waals surface area contributed by atoms with Crippen molar-refractivity contribution in [1.29, 1.82) is 0 Å². The van der Waals surface area contributed by atoms with Crippen molar-refractivity contribution in [2.24, 2.45) is 5.92 Å². The minimum absolute atomic E-state index is 0.666. The van der Waals surface area contributed by atoms with E-state index >= 15 is 0 Å². The van der Waals surface area contributed by atoms with E-state index in [0.29, 0.717) is 5.92 Å². The molecule has 1 aliphatic rings. The van der Waals surface area contributed by atoms with E-state index in [1.54, 1.807) is 0 Å². The number of aromatic nitrogens is 1. The molecule has 1 nitrogen and oxygen atoms in total. The van der Waals surface area contributed by atoms with Crippen molar-refractivity contribution in [2.75, 3.05) is 0 Å². The zero-order valence-electron chi connectivity index (χ0n) is 7.96. The van der Waals surface area contributed by atoms with Gasteiger partial charge in [-0.2, -0.15) is 0 Å². The predicted molar refractivity (Wildman–Crippen MR) is 51.2 cm³/mol. The molecule has 0 amide bonds. The van der Waals surface area contributed by atoms with Crippen LogP contribution in [-0.2, 0) is 6.54 Å². The van der Waals surface area contributed by atoms with Crippen LogP contribution in [0.15, 0.2) is 18.3 Å². The smallest absolute Gasteiger partial charge is 0.0250 e. The Hall–Kier alpha value is -0.720. The van der Waals surface area contributed by atoms with Crippen molar-refractivity contribution >= 4 is 0 Å². The molecule has 0 aliphatic heterocycles. The molecule has 1 fully saturated rings. The molecule has 0 saturated heterocycles. The van der Waals surface area contributed by atoms with Gasteiger partial charge in [0.25, 0.3) is 0 Å². The zero-order valence-corrected chi connectivity index (χ0v) is 7.96. The average molecular weight is 163 g/mol. The fraction of sp³-hybridized carbons (Fsp3) is 0.636. The number of nitrogens with zero attached hydrogens (tertiary/aromatic N) is 1. The molecule has 1 aliphatic carbocycles. The largest absolute Gasteiger partial charge is 0.351 e. The molecule has 1 heterocycles. The molecule has 1 saturated carbocycles. The van der Waals surface area contributed by atoms with Gasteiger partial charge in [0.2, 0.25) is 0 Å². The Labute approximate surface area is 74.4 Å². The number of hydrogen-bond donors (Lipinski definition) is 0. The first-order valence-corrected chi connectivity index (χ1v) is 4.92. The maximum atomic E-state index is 2.42.